The van der Waals surface area contributed by atoms with E-state index < -0.39 is 0 Å². The Bertz CT molecular complexity index is 359. The van der Waals surface area contributed by atoms with Crippen LogP contribution in [0.25, 0.3) is 0 Å². The second-order valence-electron chi connectivity index (χ2n) is 3.94. The van der Waals surface area contributed by atoms with Crippen molar-refractivity contribution in [1.29, 1.82) is 0 Å². The molecular formula is C10H15N3OS. The van der Waals surface area contributed by atoms with E-state index in [0.717, 1.165) is 0 Å². The van der Waals surface area contributed by atoms with Gasteiger partial charge in [0.2, 0.25) is 5.91 Å². The van der Waals surface area contributed by atoms with E-state index in [-0.39, 0.29) is 11.9 Å². The van der Waals surface area contributed by atoms with E-state index in [1.165, 1.54) is 22.7 Å². The summed E-state index contributed by atoms with van der Waals surface area (Å²) in [5.74, 6) is 0.388. The fourth-order valence-corrected chi connectivity index (χ4v) is 2.31. The maximum atomic E-state index is 10.8. The van der Waals surface area contributed by atoms with E-state index in [1.54, 1.807) is 18.3 Å². The summed E-state index contributed by atoms with van der Waals surface area (Å²) in [6.45, 7) is 2.44. The van der Waals surface area contributed by atoms with Crippen molar-refractivity contribution in [3.05, 3.63) is 16.1 Å². The number of carbonyl (C=O) groups excluding carboxylic acids is 1. The molecule has 0 bridgehead atoms. The molecule has 1 aromatic rings. The van der Waals surface area contributed by atoms with Crippen LogP contribution in [0.5, 0.6) is 0 Å². The smallest absolute Gasteiger partial charge is 0.234 e. The zero-order chi connectivity index (χ0) is 10.8. The Kier molecular flexibility index (Phi) is 3.02. The molecule has 1 fully saturated rings. The summed E-state index contributed by atoms with van der Waals surface area (Å²) < 4.78 is 0. The highest BCUT2D eigenvalue weighted by Crippen LogP contribution is 2.41. The zero-order valence-corrected chi connectivity index (χ0v) is 9.51. The third-order valence-electron chi connectivity index (χ3n) is 2.51. The Morgan fingerprint density at radius 1 is 1.80 bits per heavy atom. The van der Waals surface area contributed by atoms with Gasteiger partial charge in [-0.05, 0) is 19.8 Å². The molecule has 82 valence electrons. The standard InChI is InChI=1S/C10H15N3OS/c1-6(9(11)14)12-4-8-5-13-10(15-8)7-2-3-7/h5-7,12H,2-4H2,1H3,(H2,11,14)/t6-/m0/s1. The Labute approximate surface area is 92.9 Å². The lowest BCUT2D eigenvalue weighted by molar-refractivity contribution is -0.119. The average molecular weight is 225 g/mol. The number of nitrogens with one attached hydrogen (secondary N) is 1. The fourth-order valence-electron chi connectivity index (χ4n) is 1.28. The summed E-state index contributed by atoms with van der Waals surface area (Å²) in [7, 11) is 0. The van der Waals surface area contributed by atoms with Crippen LogP contribution in [-0.4, -0.2) is 16.9 Å². The van der Waals surface area contributed by atoms with Gasteiger partial charge in [0.05, 0.1) is 11.0 Å². The van der Waals surface area contributed by atoms with Crippen molar-refractivity contribution >= 4 is 17.2 Å². The number of primary amides is 1. The maximum Gasteiger partial charge on any atom is 0.234 e. The summed E-state index contributed by atoms with van der Waals surface area (Å²) in [6, 6.07) is -0.281. The predicted molar refractivity (Wildman–Crippen MR) is 59.6 cm³/mol. The highest BCUT2D eigenvalue weighted by Gasteiger charge is 2.26. The quantitative estimate of drug-likeness (QED) is 0.785. The molecular weight excluding hydrogens is 210 g/mol. The van der Waals surface area contributed by atoms with Crippen molar-refractivity contribution in [3.63, 3.8) is 0 Å². The second-order valence-corrected chi connectivity index (χ2v) is 5.09. The van der Waals surface area contributed by atoms with Crippen molar-refractivity contribution in [1.82, 2.24) is 10.3 Å². The van der Waals surface area contributed by atoms with Crippen LogP contribution in [0.1, 0.15) is 35.6 Å². The molecule has 1 heterocycles. The molecule has 0 aromatic carbocycles. The molecule has 1 amide bonds. The summed E-state index contributed by atoms with van der Waals surface area (Å²) in [4.78, 5) is 16.3. The third kappa shape index (κ3) is 2.76. The van der Waals surface area contributed by atoms with Crippen LogP contribution < -0.4 is 11.1 Å². The minimum absolute atomic E-state index is 0.281. The molecule has 0 unspecified atom stereocenters. The highest BCUT2D eigenvalue weighted by molar-refractivity contribution is 7.11. The molecule has 15 heavy (non-hydrogen) atoms. The lowest BCUT2D eigenvalue weighted by Crippen LogP contribution is -2.38. The number of aromatic nitrogens is 1. The van der Waals surface area contributed by atoms with Gasteiger partial charge < -0.3 is 11.1 Å². The normalized spacial score (nSPS) is 17.7. The number of nitrogens with zero attached hydrogens (tertiary/aromatic N) is 1. The Morgan fingerprint density at radius 2 is 2.53 bits per heavy atom. The van der Waals surface area contributed by atoms with Crippen molar-refractivity contribution < 1.29 is 4.79 Å². The molecule has 5 heteroatoms. The molecule has 0 radical (unpaired) electrons. The summed E-state index contributed by atoms with van der Waals surface area (Å²) in [6.07, 6.45) is 4.44. The SMILES string of the molecule is C[C@H](NCc1cnc(C2CC2)s1)C(N)=O. The van der Waals surface area contributed by atoms with Crippen LogP contribution >= 0.6 is 11.3 Å². The molecule has 0 saturated heterocycles. The molecule has 3 N–H and O–H groups in total. The van der Waals surface area contributed by atoms with Gasteiger partial charge in [-0.3, -0.25) is 4.79 Å². The minimum Gasteiger partial charge on any atom is -0.368 e. The lowest BCUT2D eigenvalue weighted by Gasteiger charge is -2.07. The van der Waals surface area contributed by atoms with E-state index in [0.29, 0.717) is 12.5 Å². The van der Waals surface area contributed by atoms with E-state index in [4.69, 9.17) is 5.73 Å². The van der Waals surface area contributed by atoms with Crippen molar-refractivity contribution in [2.45, 2.75) is 38.3 Å². The number of amides is 1. The first kappa shape index (κ1) is 10.6. The zero-order valence-electron chi connectivity index (χ0n) is 8.69. The van der Waals surface area contributed by atoms with Gasteiger partial charge in [-0.2, -0.15) is 0 Å². The first-order valence-electron chi connectivity index (χ1n) is 5.14. The number of hydrogen-bond donors (Lipinski definition) is 2. The lowest BCUT2D eigenvalue weighted by atomic mass is 10.3. The average Bonchev–Trinajstić information content (AvgIpc) is 2.95. The van der Waals surface area contributed by atoms with Crippen LogP contribution in [-0.2, 0) is 11.3 Å². The molecule has 1 aliphatic rings. The van der Waals surface area contributed by atoms with Crippen LogP contribution in [0.4, 0.5) is 0 Å². The Hall–Kier alpha value is -0.940. The maximum absolute atomic E-state index is 10.8. The first-order chi connectivity index (χ1) is 7.16. The second kappa shape index (κ2) is 4.28. The number of hydrogen-bond acceptors (Lipinski definition) is 4. The van der Waals surface area contributed by atoms with Gasteiger partial charge in [-0.1, -0.05) is 0 Å². The van der Waals surface area contributed by atoms with Crippen molar-refractivity contribution in [2.75, 3.05) is 0 Å². The molecule has 2 rings (SSSR count). The monoisotopic (exact) mass is 225 g/mol. The summed E-state index contributed by atoms with van der Waals surface area (Å²) in [5, 5.41) is 4.30. The molecule has 1 aromatic heterocycles. The highest BCUT2D eigenvalue weighted by atomic mass is 32.1. The predicted octanol–water partition coefficient (Wildman–Crippen LogP) is 0.984. The van der Waals surface area contributed by atoms with Crippen LogP contribution in [0, 0.1) is 0 Å². The molecule has 4 nitrogen and oxygen atoms in total. The largest absolute Gasteiger partial charge is 0.368 e. The van der Waals surface area contributed by atoms with Gasteiger partial charge in [-0.25, -0.2) is 4.98 Å². The Morgan fingerprint density at radius 3 is 3.13 bits per heavy atom. The first-order valence-corrected chi connectivity index (χ1v) is 5.96. The molecule has 1 aliphatic carbocycles. The molecule has 0 aliphatic heterocycles. The molecule has 0 spiro atoms. The molecule has 1 saturated carbocycles. The van der Waals surface area contributed by atoms with Gasteiger partial charge in [-0.15, -0.1) is 11.3 Å². The number of thiazole rings is 1. The number of carbonyl (C=O) groups is 1. The van der Waals surface area contributed by atoms with E-state index >= 15 is 0 Å². The van der Waals surface area contributed by atoms with Crippen LogP contribution in [0.3, 0.4) is 0 Å². The van der Waals surface area contributed by atoms with Gasteiger partial charge in [0.25, 0.3) is 0 Å². The topological polar surface area (TPSA) is 68.0 Å². The Balaban J connectivity index is 1.85. The third-order valence-corrected chi connectivity index (χ3v) is 3.67. The number of nitrogens with two attached hydrogens (primary N) is 1. The van der Waals surface area contributed by atoms with Crippen molar-refractivity contribution in [2.24, 2.45) is 5.73 Å². The molecule has 1 atom stereocenters. The van der Waals surface area contributed by atoms with Gasteiger partial charge in [0.1, 0.15) is 0 Å². The van der Waals surface area contributed by atoms with Gasteiger partial charge in [0, 0.05) is 23.5 Å². The summed E-state index contributed by atoms with van der Waals surface area (Å²) in [5.41, 5.74) is 5.15. The van der Waals surface area contributed by atoms with Crippen molar-refractivity contribution in [3.8, 4) is 0 Å². The van der Waals surface area contributed by atoms with E-state index in [9.17, 15) is 4.79 Å². The van der Waals surface area contributed by atoms with Gasteiger partial charge in [0.15, 0.2) is 0 Å². The summed E-state index contributed by atoms with van der Waals surface area (Å²) >= 11 is 1.73. The van der Waals surface area contributed by atoms with E-state index in [2.05, 4.69) is 10.3 Å². The number of rotatable bonds is 5. The van der Waals surface area contributed by atoms with Gasteiger partial charge >= 0.3 is 0 Å². The fraction of sp³-hybridized carbons (Fsp3) is 0.600. The minimum atomic E-state index is -0.318. The van der Waals surface area contributed by atoms with Crippen LogP contribution in [0.15, 0.2) is 6.20 Å². The van der Waals surface area contributed by atoms with Crippen LogP contribution in [0.2, 0.25) is 0 Å². The van der Waals surface area contributed by atoms with E-state index in [1.807, 2.05) is 6.20 Å².